The first-order chi connectivity index (χ1) is 8.93. The lowest BCUT2D eigenvalue weighted by molar-refractivity contribution is 0.111. The Balaban J connectivity index is 2.44. The van der Waals surface area contributed by atoms with Crippen LogP contribution in [0.5, 0.6) is 0 Å². The monoisotopic (exact) mass is 257 g/mol. The summed E-state index contributed by atoms with van der Waals surface area (Å²) in [6.07, 6.45) is 0.780. The van der Waals surface area contributed by atoms with Crippen molar-refractivity contribution in [1.29, 1.82) is 0 Å². The van der Waals surface area contributed by atoms with Crippen LogP contribution in [-0.4, -0.2) is 21.3 Å². The highest BCUT2D eigenvalue weighted by Gasteiger charge is 2.25. The van der Waals surface area contributed by atoms with E-state index in [1.54, 1.807) is 0 Å². The molecule has 100 valence electrons. The number of carbonyl (C=O) groups is 1. The van der Waals surface area contributed by atoms with E-state index in [-0.39, 0.29) is 5.41 Å². The van der Waals surface area contributed by atoms with Crippen molar-refractivity contribution < 1.29 is 4.79 Å². The molecule has 0 bridgehead atoms. The number of aromatic nitrogens is 3. The summed E-state index contributed by atoms with van der Waals surface area (Å²) >= 11 is 0. The van der Waals surface area contributed by atoms with Crippen LogP contribution >= 0.6 is 0 Å². The number of rotatable bonds is 3. The summed E-state index contributed by atoms with van der Waals surface area (Å²) < 4.78 is 1.83. The van der Waals surface area contributed by atoms with Crippen LogP contribution in [0.15, 0.2) is 24.3 Å². The van der Waals surface area contributed by atoms with Gasteiger partial charge in [0.25, 0.3) is 0 Å². The maximum atomic E-state index is 11.1. The molecule has 19 heavy (non-hydrogen) atoms. The molecule has 0 amide bonds. The van der Waals surface area contributed by atoms with Crippen molar-refractivity contribution in [2.24, 2.45) is 0 Å². The molecule has 2 rings (SSSR count). The van der Waals surface area contributed by atoms with Crippen LogP contribution in [-0.2, 0) is 12.0 Å². The summed E-state index contributed by atoms with van der Waals surface area (Å²) in [6, 6.07) is 8.17. The second-order valence-electron chi connectivity index (χ2n) is 5.78. The Bertz CT molecular complexity index is 594. The lowest BCUT2D eigenvalue weighted by atomic mass is 9.90. The average Bonchev–Trinajstić information content (AvgIpc) is 2.75. The third-order valence-electron chi connectivity index (χ3n) is 3.16. The van der Waals surface area contributed by atoms with Gasteiger partial charge in [-0.3, -0.25) is 4.79 Å². The van der Waals surface area contributed by atoms with Crippen LogP contribution in [0.1, 0.15) is 48.1 Å². The normalized spacial score (nSPS) is 11.6. The molecule has 0 atom stereocenters. The molecule has 0 spiro atoms. The van der Waals surface area contributed by atoms with Gasteiger partial charge in [-0.1, -0.05) is 50.3 Å². The third kappa shape index (κ3) is 2.72. The molecular formula is C15H19N3O. The molecule has 2 aromatic rings. The van der Waals surface area contributed by atoms with Crippen molar-refractivity contribution in [3.05, 3.63) is 46.8 Å². The van der Waals surface area contributed by atoms with Gasteiger partial charge < -0.3 is 0 Å². The summed E-state index contributed by atoms with van der Waals surface area (Å²) in [5.41, 5.74) is 3.55. The smallest absolute Gasteiger partial charge is 0.172 e. The average molecular weight is 257 g/mol. The molecule has 4 heteroatoms. The predicted molar refractivity (Wildman–Crippen MR) is 74.4 cm³/mol. The van der Waals surface area contributed by atoms with Crippen molar-refractivity contribution >= 4 is 6.29 Å². The first-order valence-electron chi connectivity index (χ1n) is 6.37. The van der Waals surface area contributed by atoms with Crippen molar-refractivity contribution in [2.75, 3.05) is 0 Å². The van der Waals surface area contributed by atoms with E-state index in [1.165, 1.54) is 11.1 Å². The largest absolute Gasteiger partial charge is 0.296 e. The molecule has 1 aromatic carbocycles. The van der Waals surface area contributed by atoms with Gasteiger partial charge in [-0.15, -0.1) is 5.10 Å². The van der Waals surface area contributed by atoms with Crippen LogP contribution in [0, 0.1) is 6.92 Å². The molecule has 0 radical (unpaired) electrons. The Labute approximate surface area is 113 Å². The molecule has 4 nitrogen and oxygen atoms in total. The first-order valence-corrected chi connectivity index (χ1v) is 6.37. The van der Waals surface area contributed by atoms with Gasteiger partial charge in [0.2, 0.25) is 0 Å². The molecule has 0 aliphatic heterocycles. The van der Waals surface area contributed by atoms with E-state index in [1.807, 2.05) is 16.8 Å². The van der Waals surface area contributed by atoms with E-state index in [9.17, 15) is 4.79 Å². The zero-order valence-corrected chi connectivity index (χ0v) is 11.8. The van der Waals surface area contributed by atoms with E-state index in [0.717, 1.165) is 12.0 Å². The maximum Gasteiger partial charge on any atom is 0.172 e. The molecule has 0 unspecified atom stereocenters. The second-order valence-corrected chi connectivity index (χ2v) is 5.78. The number of hydrogen-bond acceptors (Lipinski definition) is 3. The van der Waals surface area contributed by atoms with E-state index in [4.69, 9.17) is 0 Å². The molecule has 0 aliphatic rings. The van der Waals surface area contributed by atoms with Gasteiger partial charge in [0.15, 0.2) is 6.29 Å². The summed E-state index contributed by atoms with van der Waals surface area (Å²) in [4.78, 5) is 11.1. The lowest BCUT2D eigenvalue weighted by Gasteiger charge is -2.20. The number of benzene rings is 1. The zero-order chi connectivity index (χ0) is 14.0. The SMILES string of the molecule is Cc1ccccc1Cn1nnc(C=O)c1C(C)(C)C. The highest BCUT2D eigenvalue weighted by atomic mass is 16.1. The number of aldehydes is 1. The molecular weight excluding hydrogens is 238 g/mol. The zero-order valence-electron chi connectivity index (χ0n) is 11.8. The fraction of sp³-hybridized carbons (Fsp3) is 0.400. The van der Waals surface area contributed by atoms with Gasteiger partial charge in [0, 0.05) is 5.41 Å². The predicted octanol–water partition coefficient (Wildman–Crippen LogP) is 2.74. The maximum absolute atomic E-state index is 11.1. The van der Waals surface area contributed by atoms with Gasteiger partial charge in [-0.05, 0) is 18.1 Å². The number of carbonyl (C=O) groups excluding carboxylic acids is 1. The summed E-state index contributed by atoms with van der Waals surface area (Å²) in [5.74, 6) is 0. The van der Waals surface area contributed by atoms with Gasteiger partial charge in [0.1, 0.15) is 5.69 Å². The Hall–Kier alpha value is -1.97. The number of nitrogens with zero attached hydrogens (tertiary/aromatic N) is 3. The third-order valence-corrected chi connectivity index (χ3v) is 3.16. The molecule has 1 heterocycles. The summed E-state index contributed by atoms with van der Waals surface area (Å²) in [7, 11) is 0. The van der Waals surface area contributed by atoms with E-state index in [0.29, 0.717) is 12.2 Å². The van der Waals surface area contributed by atoms with Crippen LogP contribution in [0.2, 0.25) is 0 Å². The Morgan fingerprint density at radius 3 is 2.53 bits per heavy atom. The second kappa shape index (κ2) is 4.96. The fourth-order valence-corrected chi connectivity index (χ4v) is 2.24. The minimum atomic E-state index is -0.164. The number of aryl methyl sites for hydroxylation is 1. The minimum Gasteiger partial charge on any atom is -0.296 e. The molecule has 0 N–H and O–H groups in total. The molecule has 0 fully saturated rings. The quantitative estimate of drug-likeness (QED) is 0.794. The van der Waals surface area contributed by atoms with Crippen molar-refractivity contribution in [3.8, 4) is 0 Å². The summed E-state index contributed by atoms with van der Waals surface area (Å²) in [5, 5.41) is 8.10. The minimum absolute atomic E-state index is 0.164. The highest BCUT2D eigenvalue weighted by Crippen LogP contribution is 2.24. The lowest BCUT2D eigenvalue weighted by Crippen LogP contribution is -2.21. The van der Waals surface area contributed by atoms with Crippen molar-refractivity contribution in [1.82, 2.24) is 15.0 Å². The fourth-order valence-electron chi connectivity index (χ4n) is 2.24. The van der Waals surface area contributed by atoms with Crippen LogP contribution < -0.4 is 0 Å². The van der Waals surface area contributed by atoms with Gasteiger partial charge in [-0.2, -0.15) is 0 Å². The first kappa shape index (κ1) is 13.5. The molecule has 0 saturated carbocycles. The van der Waals surface area contributed by atoms with E-state index < -0.39 is 0 Å². The van der Waals surface area contributed by atoms with Gasteiger partial charge in [0.05, 0.1) is 12.2 Å². The molecule has 1 aromatic heterocycles. The van der Waals surface area contributed by atoms with Crippen molar-refractivity contribution in [3.63, 3.8) is 0 Å². The van der Waals surface area contributed by atoms with Gasteiger partial charge in [-0.25, -0.2) is 4.68 Å². The molecule has 0 saturated heterocycles. The van der Waals surface area contributed by atoms with Crippen LogP contribution in [0.3, 0.4) is 0 Å². The summed E-state index contributed by atoms with van der Waals surface area (Å²) in [6.45, 7) is 8.90. The highest BCUT2D eigenvalue weighted by molar-refractivity contribution is 5.73. The van der Waals surface area contributed by atoms with Gasteiger partial charge >= 0.3 is 0 Å². The number of hydrogen-bond donors (Lipinski definition) is 0. The van der Waals surface area contributed by atoms with Crippen molar-refractivity contribution in [2.45, 2.75) is 39.7 Å². The van der Waals surface area contributed by atoms with Crippen LogP contribution in [0.4, 0.5) is 0 Å². The Morgan fingerprint density at radius 2 is 1.95 bits per heavy atom. The topological polar surface area (TPSA) is 47.8 Å². The van der Waals surface area contributed by atoms with Crippen LogP contribution in [0.25, 0.3) is 0 Å². The standard InChI is InChI=1S/C15H19N3O/c1-11-7-5-6-8-12(11)9-18-14(15(2,3)4)13(10-19)16-17-18/h5-8,10H,9H2,1-4H3. The van der Waals surface area contributed by atoms with E-state index >= 15 is 0 Å². The Morgan fingerprint density at radius 1 is 1.26 bits per heavy atom. The Kier molecular flexibility index (Phi) is 3.51. The van der Waals surface area contributed by atoms with E-state index in [2.05, 4.69) is 50.1 Å². The molecule has 0 aliphatic carbocycles.